The number of aromatic nitrogens is 2. The van der Waals surface area contributed by atoms with Crippen molar-refractivity contribution in [3.8, 4) is 0 Å². The summed E-state index contributed by atoms with van der Waals surface area (Å²) in [5.41, 5.74) is 3.50. The molecule has 0 radical (unpaired) electrons. The number of hydrogen-bond donors (Lipinski definition) is 1. The maximum atomic E-state index is 12.5. The zero-order valence-electron chi connectivity index (χ0n) is 16.5. The number of nitrogens with one attached hydrogen (secondary N) is 1. The lowest BCUT2D eigenvalue weighted by atomic mass is 9.96. The molecule has 1 aliphatic rings. The first-order valence-corrected chi connectivity index (χ1v) is 10.2. The molecule has 2 aromatic carbocycles. The fraction of sp³-hybridized carbons (Fsp3) is 0.391. The molecule has 0 bridgehead atoms. The van der Waals surface area contributed by atoms with Gasteiger partial charge < -0.3 is 14.8 Å². The molecule has 1 N–H and O–H groups in total. The van der Waals surface area contributed by atoms with Crippen LogP contribution in [0, 0.1) is 5.92 Å². The van der Waals surface area contributed by atoms with Crippen LogP contribution in [0.4, 0.5) is 5.95 Å². The number of carbonyl (C=O) groups is 1. The van der Waals surface area contributed by atoms with Gasteiger partial charge >= 0.3 is 0 Å². The third kappa shape index (κ3) is 4.03. The molecule has 0 unspecified atom stereocenters. The van der Waals surface area contributed by atoms with Gasteiger partial charge in [0.05, 0.1) is 11.0 Å². The van der Waals surface area contributed by atoms with Gasteiger partial charge in [0.1, 0.15) is 0 Å². The highest BCUT2D eigenvalue weighted by Gasteiger charge is 2.26. The van der Waals surface area contributed by atoms with Crippen LogP contribution >= 0.6 is 0 Å². The number of fused-ring (bicyclic) bond motifs is 1. The van der Waals surface area contributed by atoms with Gasteiger partial charge in [-0.05, 0) is 43.4 Å². The summed E-state index contributed by atoms with van der Waals surface area (Å²) in [6.07, 6.45) is 3.75. The summed E-state index contributed by atoms with van der Waals surface area (Å²) in [6, 6.07) is 18.6. The standard InChI is InChI=1S/C23H28N4O/c1-26-21-12-6-5-11-20(21)25-23(26)27-16-13-19(14-17-27)22(28)24-15-7-10-18-8-3-2-4-9-18/h2-6,8-9,11-12,19H,7,10,13-17H2,1H3,(H,24,28). The zero-order chi connectivity index (χ0) is 19.3. The van der Waals surface area contributed by atoms with Gasteiger partial charge in [0.2, 0.25) is 11.9 Å². The smallest absolute Gasteiger partial charge is 0.223 e. The Balaban J connectivity index is 1.25. The molecule has 5 heteroatoms. The molecular weight excluding hydrogens is 348 g/mol. The van der Waals surface area contributed by atoms with Crippen molar-refractivity contribution in [3.63, 3.8) is 0 Å². The van der Waals surface area contributed by atoms with Gasteiger partial charge in [0.15, 0.2) is 0 Å². The first-order valence-electron chi connectivity index (χ1n) is 10.2. The minimum atomic E-state index is 0.114. The van der Waals surface area contributed by atoms with E-state index in [-0.39, 0.29) is 11.8 Å². The second-order valence-corrected chi connectivity index (χ2v) is 7.60. The van der Waals surface area contributed by atoms with E-state index in [9.17, 15) is 4.79 Å². The maximum Gasteiger partial charge on any atom is 0.223 e. The van der Waals surface area contributed by atoms with Crippen molar-refractivity contribution >= 4 is 22.9 Å². The van der Waals surface area contributed by atoms with Gasteiger partial charge in [-0.3, -0.25) is 4.79 Å². The summed E-state index contributed by atoms with van der Waals surface area (Å²) < 4.78 is 2.15. The van der Waals surface area contributed by atoms with Crippen LogP contribution in [0.15, 0.2) is 54.6 Å². The Morgan fingerprint density at radius 2 is 1.79 bits per heavy atom. The third-order valence-electron chi connectivity index (χ3n) is 5.70. The van der Waals surface area contributed by atoms with Crippen molar-refractivity contribution in [3.05, 3.63) is 60.2 Å². The second-order valence-electron chi connectivity index (χ2n) is 7.60. The highest BCUT2D eigenvalue weighted by molar-refractivity contribution is 5.80. The number of para-hydroxylation sites is 2. The van der Waals surface area contributed by atoms with Crippen LogP contribution in [-0.4, -0.2) is 35.1 Å². The highest BCUT2D eigenvalue weighted by atomic mass is 16.1. The molecular formula is C23H28N4O. The summed E-state index contributed by atoms with van der Waals surface area (Å²) in [7, 11) is 2.07. The lowest BCUT2D eigenvalue weighted by Crippen LogP contribution is -2.41. The summed E-state index contributed by atoms with van der Waals surface area (Å²) in [4.78, 5) is 19.6. The molecule has 3 aromatic rings. The number of amides is 1. The van der Waals surface area contributed by atoms with Crippen LogP contribution in [0.1, 0.15) is 24.8 Å². The molecule has 1 aromatic heterocycles. The molecule has 146 valence electrons. The van der Waals surface area contributed by atoms with Crippen molar-refractivity contribution in [2.24, 2.45) is 13.0 Å². The molecule has 0 spiro atoms. The Bertz CT molecular complexity index is 926. The number of aryl methyl sites for hydroxylation is 2. The molecule has 28 heavy (non-hydrogen) atoms. The van der Waals surface area contributed by atoms with E-state index in [1.54, 1.807) is 0 Å². The Hall–Kier alpha value is -2.82. The molecule has 1 saturated heterocycles. The quantitative estimate of drug-likeness (QED) is 0.670. The number of piperidine rings is 1. The lowest BCUT2D eigenvalue weighted by molar-refractivity contribution is -0.125. The van der Waals surface area contributed by atoms with E-state index in [1.165, 1.54) is 5.56 Å². The van der Waals surface area contributed by atoms with Gasteiger partial charge in [-0.25, -0.2) is 4.98 Å². The third-order valence-corrected chi connectivity index (χ3v) is 5.70. The van der Waals surface area contributed by atoms with Gasteiger partial charge in [-0.1, -0.05) is 42.5 Å². The average Bonchev–Trinajstić information content (AvgIpc) is 3.09. The predicted octanol–water partition coefficient (Wildman–Crippen LogP) is 3.54. The number of hydrogen-bond acceptors (Lipinski definition) is 3. The molecule has 4 rings (SSSR count). The number of rotatable bonds is 6. The highest BCUT2D eigenvalue weighted by Crippen LogP contribution is 2.26. The van der Waals surface area contributed by atoms with Gasteiger partial charge in [-0.2, -0.15) is 0 Å². The minimum absolute atomic E-state index is 0.114. The normalized spacial score (nSPS) is 15.1. The number of nitrogens with zero attached hydrogens (tertiary/aromatic N) is 3. The van der Waals surface area contributed by atoms with E-state index in [4.69, 9.17) is 4.98 Å². The Morgan fingerprint density at radius 3 is 2.54 bits per heavy atom. The number of carbonyl (C=O) groups excluding carboxylic acids is 1. The SMILES string of the molecule is Cn1c(N2CCC(C(=O)NCCCc3ccccc3)CC2)nc2ccccc21. The van der Waals surface area contributed by atoms with Crippen LogP contribution in [0.2, 0.25) is 0 Å². The summed E-state index contributed by atoms with van der Waals surface area (Å²) >= 11 is 0. The van der Waals surface area contributed by atoms with Crippen LogP contribution in [0.25, 0.3) is 11.0 Å². The van der Waals surface area contributed by atoms with Crippen molar-refractivity contribution < 1.29 is 4.79 Å². The molecule has 0 saturated carbocycles. The largest absolute Gasteiger partial charge is 0.356 e. The van der Waals surface area contributed by atoms with Crippen LogP contribution in [0.5, 0.6) is 0 Å². The predicted molar refractivity (Wildman–Crippen MR) is 113 cm³/mol. The number of imidazole rings is 1. The number of benzene rings is 2. The topological polar surface area (TPSA) is 50.2 Å². The summed E-state index contributed by atoms with van der Waals surface area (Å²) in [5, 5.41) is 3.13. The van der Waals surface area contributed by atoms with E-state index in [0.29, 0.717) is 0 Å². The van der Waals surface area contributed by atoms with Crippen LogP contribution < -0.4 is 10.2 Å². The molecule has 2 heterocycles. The maximum absolute atomic E-state index is 12.5. The Labute approximate surface area is 166 Å². The second kappa shape index (κ2) is 8.46. The molecule has 5 nitrogen and oxygen atoms in total. The van der Waals surface area contributed by atoms with Gasteiger partial charge in [0.25, 0.3) is 0 Å². The molecule has 0 atom stereocenters. The van der Waals surface area contributed by atoms with Crippen LogP contribution in [-0.2, 0) is 18.3 Å². The molecule has 1 amide bonds. The number of anilines is 1. The van der Waals surface area contributed by atoms with Crippen molar-refractivity contribution in [1.82, 2.24) is 14.9 Å². The van der Waals surface area contributed by atoms with Gasteiger partial charge in [0, 0.05) is 32.6 Å². The Kier molecular flexibility index (Phi) is 5.60. The fourth-order valence-electron chi connectivity index (χ4n) is 4.05. The Morgan fingerprint density at radius 1 is 1.07 bits per heavy atom. The van der Waals surface area contributed by atoms with Crippen molar-refractivity contribution in [2.75, 3.05) is 24.5 Å². The monoisotopic (exact) mass is 376 g/mol. The zero-order valence-corrected chi connectivity index (χ0v) is 16.5. The first-order chi connectivity index (χ1) is 13.7. The van der Waals surface area contributed by atoms with E-state index < -0.39 is 0 Å². The van der Waals surface area contributed by atoms with Crippen molar-refractivity contribution in [2.45, 2.75) is 25.7 Å². The molecule has 1 fully saturated rings. The van der Waals surface area contributed by atoms with E-state index in [0.717, 1.165) is 62.3 Å². The molecule has 0 aliphatic carbocycles. The average molecular weight is 377 g/mol. The summed E-state index contributed by atoms with van der Waals surface area (Å²) in [5.74, 6) is 1.32. The van der Waals surface area contributed by atoms with Crippen molar-refractivity contribution in [1.29, 1.82) is 0 Å². The summed E-state index contributed by atoms with van der Waals surface area (Å²) in [6.45, 7) is 2.50. The fourth-order valence-corrected chi connectivity index (χ4v) is 4.05. The minimum Gasteiger partial charge on any atom is -0.356 e. The lowest BCUT2D eigenvalue weighted by Gasteiger charge is -2.32. The van der Waals surface area contributed by atoms with E-state index in [1.807, 2.05) is 18.2 Å². The van der Waals surface area contributed by atoms with Crippen LogP contribution in [0.3, 0.4) is 0 Å². The van der Waals surface area contributed by atoms with E-state index in [2.05, 4.69) is 58.2 Å². The van der Waals surface area contributed by atoms with Gasteiger partial charge in [-0.15, -0.1) is 0 Å². The first kappa shape index (κ1) is 18.5. The van der Waals surface area contributed by atoms with E-state index >= 15 is 0 Å². The molecule has 1 aliphatic heterocycles.